The maximum atomic E-state index is 13.5. The van der Waals surface area contributed by atoms with Crippen molar-refractivity contribution in [3.63, 3.8) is 0 Å². The van der Waals surface area contributed by atoms with Crippen molar-refractivity contribution in [1.82, 2.24) is 9.88 Å². The van der Waals surface area contributed by atoms with Gasteiger partial charge >= 0.3 is 6.18 Å². The summed E-state index contributed by atoms with van der Waals surface area (Å²) in [7, 11) is 0. The number of halogens is 3. The Balaban J connectivity index is 1.65. The monoisotopic (exact) mass is 427 g/mol. The molecule has 2 heterocycles. The number of nitrogens with one attached hydrogen (secondary N) is 1. The molecule has 1 aromatic carbocycles. The summed E-state index contributed by atoms with van der Waals surface area (Å²) >= 11 is 1.41. The predicted molar refractivity (Wildman–Crippen MR) is 111 cm³/mol. The van der Waals surface area contributed by atoms with Crippen LogP contribution in [0.2, 0.25) is 0 Å². The maximum Gasteiger partial charge on any atom is 0.420 e. The molecule has 0 amide bonds. The van der Waals surface area contributed by atoms with E-state index in [1.807, 2.05) is 12.3 Å². The van der Waals surface area contributed by atoms with Crippen LogP contribution in [0.5, 0.6) is 5.75 Å². The number of unbranched alkanes of at least 4 members (excludes halogenated alkanes) is 2. The second kappa shape index (κ2) is 10.3. The molecule has 1 aliphatic heterocycles. The van der Waals surface area contributed by atoms with E-state index < -0.39 is 11.7 Å². The molecule has 0 spiro atoms. The molecule has 0 saturated carbocycles. The molecule has 8 heteroatoms. The summed E-state index contributed by atoms with van der Waals surface area (Å²) in [6, 6.07) is 4.09. The zero-order valence-corrected chi connectivity index (χ0v) is 17.5. The van der Waals surface area contributed by atoms with Gasteiger partial charge in [-0.15, -0.1) is 11.3 Å². The van der Waals surface area contributed by atoms with E-state index in [9.17, 15) is 13.2 Å². The zero-order valence-electron chi connectivity index (χ0n) is 16.7. The average Bonchev–Trinajstić information content (AvgIpc) is 3.13. The third kappa shape index (κ3) is 6.60. The second-order valence-electron chi connectivity index (χ2n) is 7.37. The van der Waals surface area contributed by atoms with Gasteiger partial charge < -0.3 is 10.1 Å². The van der Waals surface area contributed by atoms with Gasteiger partial charge in [-0.2, -0.15) is 13.2 Å². The fraction of sp³-hybridized carbons (Fsp3) is 0.571. The van der Waals surface area contributed by atoms with Crippen LogP contribution in [0.4, 0.5) is 24.0 Å². The van der Waals surface area contributed by atoms with E-state index in [4.69, 9.17) is 4.74 Å². The molecule has 1 aliphatic rings. The van der Waals surface area contributed by atoms with Crippen molar-refractivity contribution < 1.29 is 17.9 Å². The lowest BCUT2D eigenvalue weighted by molar-refractivity contribution is -0.138. The highest BCUT2D eigenvalue weighted by Gasteiger charge is 2.34. The molecule has 160 valence electrons. The fourth-order valence-corrected chi connectivity index (χ4v) is 4.12. The Bertz CT molecular complexity index is 773. The highest BCUT2D eigenvalue weighted by Crippen LogP contribution is 2.38. The van der Waals surface area contributed by atoms with Gasteiger partial charge in [-0.3, -0.25) is 4.90 Å². The molecule has 1 fully saturated rings. The van der Waals surface area contributed by atoms with Crippen LogP contribution in [0.3, 0.4) is 0 Å². The van der Waals surface area contributed by atoms with Crippen molar-refractivity contribution in [3.8, 4) is 5.75 Å². The van der Waals surface area contributed by atoms with Crippen molar-refractivity contribution >= 4 is 22.2 Å². The largest absolute Gasteiger partial charge is 0.493 e. The SMILES string of the molecule is CCCCCOc1ccc(Nc2nc(CN3CCCCC3)cs2)cc1C(F)(F)F. The van der Waals surface area contributed by atoms with Crippen LogP contribution in [-0.2, 0) is 12.7 Å². The number of likely N-dealkylation sites (tertiary alicyclic amines) is 1. The third-order valence-corrected chi connectivity index (χ3v) is 5.73. The smallest absolute Gasteiger partial charge is 0.420 e. The van der Waals surface area contributed by atoms with Gasteiger partial charge in [0, 0.05) is 17.6 Å². The van der Waals surface area contributed by atoms with Gasteiger partial charge in [-0.05, 0) is 50.6 Å². The normalized spacial score (nSPS) is 15.4. The van der Waals surface area contributed by atoms with Gasteiger partial charge in [-0.1, -0.05) is 26.2 Å². The predicted octanol–water partition coefficient (Wildman–Crippen LogP) is 6.46. The van der Waals surface area contributed by atoms with Crippen LogP contribution in [0.15, 0.2) is 23.6 Å². The molecule has 0 aliphatic carbocycles. The Morgan fingerprint density at radius 3 is 2.69 bits per heavy atom. The van der Waals surface area contributed by atoms with Gasteiger partial charge in [0.05, 0.1) is 17.9 Å². The number of hydrogen-bond acceptors (Lipinski definition) is 5. The Labute approximate surface area is 174 Å². The Morgan fingerprint density at radius 1 is 1.17 bits per heavy atom. The van der Waals surface area contributed by atoms with Crippen LogP contribution in [0.1, 0.15) is 56.7 Å². The van der Waals surface area contributed by atoms with Gasteiger partial charge in [0.15, 0.2) is 5.13 Å². The number of ether oxygens (including phenoxy) is 1. The molecule has 4 nitrogen and oxygen atoms in total. The standard InChI is InChI=1S/C21H28F3N3OS/c1-2-3-7-12-28-19-9-8-16(13-18(19)21(22,23)24)25-20-26-17(15-29-20)14-27-10-5-4-6-11-27/h8-9,13,15H,2-7,10-12,14H2,1H3,(H,25,26). The van der Waals surface area contributed by atoms with Crippen molar-refractivity contribution in [3.05, 3.63) is 34.8 Å². The van der Waals surface area contributed by atoms with Crippen LogP contribution in [0.25, 0.3) is 0 Å². The van der Waals surface area contributed by atoms with Crippen LogP contribution >= 0.6 is 11.3 Å². The number of rotatable bonds is 9. The molecule has 29 heavy (non-hydrogen) atoms. The minimum Gasteiger partial charge on any atom is -0.493 e. The Kier molecular flexibility index (Phi) is 7.77. The van der Waals surface area contributed by atoms with E-state index in [1.54, 1.807) is 6.07 Å². The first-order chi connectivity index (χ1) is 14.0. The molecule has 2 aromatic rings. The molecule has 0 radical (unpaired) electrons. The summed E-state index contributed by atoms with van der Waals surface area (Å²) < 4.78 is 45.8. The van der Waals surface area contributed by atoms with Gasteiger partial charge in [0.2, 0.25) is 0 Å². The zero-order chi connectivity index (χ0) is 20.7. The minimum absolute atomic E-state index is 0.121. The molecule has 0 atom stereocenters. The van der Waals surface area contributed by atoms with Crippen molar-refractivity contribution in [2.75, 3.05) is 25.0 Å². The first-order valence-corrected chi connectivity index (χ1v) is 11.1. The number of benzene rings is 1. The first-order valence-electron chi connectivity index (χ1n) is 10.2. The Morgan fingerprint density at radius 2 is 1.97 bits per heavy atom. The van der Waals surface area contributed by atoms with Crippen LogP contribution < -0.4 is 10.1 Å². The molecule has 0 unspecified atom stereocenters. The van der Waals surface area contributed by atoms with Crippen molar-refractivity contribution in [1.29, 1.82) is 0 Å². The van der Waals surface area contributed by atoms with E-state index in [0.29, 0.717) is 10.8 Å². The molecule has 1 aromatic heterocycles. The topological polar surface area (TPSA) is 37.4 Å². The molecular formula is C21H28F3N3OS. The Hall–Kier alpha value is -1.80. The second-order valence-corrected chi connectivity index (χ2v) is 8.23. The van der Waals surface area contributed by atoms with E-state index >= 15 is 0 Å². The van der Waals surface area contributed by atoms with E-state index in [2.05, 4.69) is 15.2 Å². The minimum atomic E-state index is -4.47. The quantitative estimate of drug-likeness (QED) is 0.466. The molecule has 1 N–H and O–H groups in total. The van der Waals surface area contributed by atoms with Gasteiger partial charge in [0.1, 0.15) is 5.75 Å². The highest BCUT2D eigenvalue weighted by atomic mass is 32.1. The maximum absolute atomic E-state index is 13.5. The van der Waals surface area contributed by atoms with Gasteiger partial charge in [0.25, 0.3) is 0 Å². The van der Waals surface area contributed by atoms with Crippen LogP contribution in [-0.4, -0.2) is 29.6 Å². The van der Waals surface area contributed by atoms with E-state index in [0.717, 1.165) is 50.7 Å². The number of anilines is 2. The highest BCUT2D eigenvalue weighted by molar-refractivity contribution is 7.13. The van der Waals surface area contributed by atoms with Crippen LogP contribution in [0, 0.1) is 0 Å². The number of piperidine rings is 1. The number of hydrogen-bond donors (Lipinski definition) is 1. The average molecular weight is 428 g/mol. The number of aromatic nitrogens is 1. The summed E-state index contributed by atoms with van der Waals surface area (Å²) in [6.07, 6.45) is 1.90. The summed E-state index contributed by atoms with van der Waals surface area (Å²) in [5, 5.41) is 5.57. The lowest BCUT2D eigenvalue weighted by Gasteiger charge is -2.25. The van der Waals surface area contributed by atoms with Crippen molar-refractivity contribution in [2.45, 2.75) is 58.2 Å². The summed E-state index contributed by atoms with van der Waals surface area (Å²) in [5.41, 5.74) is 0.549. The molecule has 1 saturated heterocycles. The summed E-state index contributed by atoms with van der Waals surface area (Å²) in [5.74, 6) is -0.121. The first kappa shape index (κ1) is 21.9. The number of thiazole rings is 1. The van der Waals surface area contributed by atoms with Crippen molar-refractivity contribution in [2.24, 2.45) is 0 Å². The van der Waals surface area contributed by atoms with E-state index in [-0.39, 0.29) is 12.4 Å². The number of alkyl halides is 3. The van der Waals surface area contributed by atoms with Gasteiger partial charge in [-0.25, -0.2) is 4.98 Å². The van der Waals surface area contributed by atoms with E-state index in [1.165, 1.54) is 36.7 Å². The number of nitrogens with zero attached hydrogens (tertiary/aromatic N) is 2. The summed E-state index contributed by atoms with van der Waals surface area (Å²) in [4.78, 5) is 6.91. The lowest BCUT2D eigenvalue weighted by atomic mass is 10.1. The molecular weight excluding hydrogens is 399 g/mol. The fourth-order valence-electron chi connectivity index (χ4n) is 3.40. The lowest BCUT2D eigenvalue weighted by Crippen LogP contribution is -2.29. The molecule has 3 rings (SSSR count). The summed E-state index contributed by atoms with van der Waals surface area (Å²) in [6.45, 7) is 5.27. The third-order valence-electron chi connectivity index (χ3n) is 4.93. The molecule has 0 bridgehead atoms.